The van der Waals surface area contributed by atoms with Crippen molar-refractivity contribution in [3.8, 4) is 5.75 Å². The van der Waals surface area contributed by atoms with Gasteiger partial charge in [0.25, 0.3) is 5.91 Å². The highest BCUT2D eigenvalue weighted by Gasteiger charge is 2.26. The summed E-state index contributed by atoms with van der Waals surface area (Å²) in [5.74, 6) is -2.96. The minimum atomic E-state index is -1.17. The number of hydrogen-bond donors (Lipinski definition) is 3. The van der Waals surface area contributed by atoms with Gasteiger partial charge in [0.15, 0.2) is 11.6 Å². The standard InChI is InChI=1S/C24H26F2N2O3/c1-23(2,3)14-8-15(24(4,5)6)20(29)10-19(14)28-22(31)13-11-27-18-9-17(26)16(25)7-12(18)21(13)30/h7-11,29H,1-6H3,(H,27,30)(H,28,31). The van der Waals surface area contributed by atoms with Crippen molar-refractivity contribution in [3.05, 3.63) is 69.0 Å². The van der Waals surface area contributed by atoms with Gasteiger partial charge in [-0.3, -0.25) is 9.59 Å². The van der Waals surface area contributed by atoms with E-state index in [-0.39, 0.29) is 33.0 Å². The van der Waals surface area contributed by atoms with E-state index in [4.69, 9.17) is 0 Å². The van der Waals surface area contributed by atoms with E-state index in [0.717, 1.165) is 29.5 Å². The summed E-state index contributed by atoms with van der Waals surface area (Å²) < 4.78 is 27.1. The van der Waals surface area contributed by atoms with Crippen LogP contribution in [0.2, 0.25) is 0 Å². The molecule has 0 radical (unpaired) electrons. The number of benzene rings is 2. The number of hydrogen-bond acceptors (Lipinski definition) is 3. The Bertz CT molecular complexity index is 1250. The maximum absolute atomic E-state index is 13.6. The zero-order valence-corrected chi connectivity index (χ0v) is 18.4. The number of phenolic OH excluding ortho intramolecular Hbond substituents is 1. The Balaban J connectivity index is 2.10. The van der Waals surface area contributed by atoms with Gasteiger partial charge in [0.2, 0.25) is 5.43 Å². The predicted molar refractivity (Wildman–Crippen MR) is 118 cm³/mol. The number of amides is 1. The van der Waals surface area contributed by atoms with Gasteiger partial charge in [0, 0.05) is 29.4 Å². The minimum absolute atomic E-state index is 0.0285. The van der Waals surface area contributed by atoms with Gasteiger partial charge in [-0.1, -0.05) is 41.5 Å². The van der Waals surface area contributed by atoms with Crippen molar-refractivity contribution in [2.75, 3.05) is 5.32 Å². The van der Waals surface area contributed by atoms with E-state index in [2.05, 4.69) is 10.3 Å². The van der Waals surface area contributed by atoms with Crippen molar-refractivity contribution >= 4 is 22.5 Å². The second-order valence-corrected chi connectivity index (χ2v) is 9.71. The van der Waals surface area contributed by atoms with Crippen molar-refractivity contribution in [2.24, 2.45) is 0 Å². The molecule has 164 valence electrons. The SMILES string of the molecule is CC(C)(C)c1cc(C(C)(C)C)c(NC(=O)c2c[nH]c3cc(F)c(F)cc3c2=O)cc1O. The van der Waals surface area contributed by atoms with Gasteiger partial charge in [-0.25, -0.2) is 8.78 Å². The van der Waals surface area contributed by atoms with E-state index in [0.29, 0.717) is 5.69 Å². The minimum Gasteiger partial charge on any atom is -0.508 e. The normalized spacial score (nSPS) is 12.3. The first-order chi connectivity index (χ1) is 14.2. The van der Waals surface area contributed by atoms with Gasteiger partial charge >= 0.3 is 0 Å². The number of carbonyl (C=O) groups excluding carboxylic acids is 1. The molecule has 0 aliphatic carbocycles. The van der Waals surface area contributed by atoms with Gasteiger partial charge in [-0.05, 0) is 34.1 Å². The number of phenols is 1. The lowest BCUT2D eigenvalue weighted by Gasteiger charge is -2.28. The first kappa shape index (κ1) is 22.5. The third-order valence-corrected chi connectivity index (χ3v) is 5.17. The van der Waals surface area contributed by atoms with E-state index < -0.39 is 23.0 Å². The number of aromatic hydroxyl groups is 1. The monoisotopic (exact) mass is 428 g/mol. The molecular weight excluding hydrogens is 402 g/mol. The van der Waals surface area contributed by atoms with Crippen molar-refractivity contribution in [1.29, 1.82) is 0 Å². The molecule has 7 heteroatoms. The lowest BCUT2D eigenvalue weighted by Crippen LogP contribution is -2.25. The molecule has 0 aliphatic heterocycles. The van der Waals surface area contributed by atoms with Gasteiger partial charge in [-0.2, -0.15) is 0 Å². The Labute approximate surface area is 179 Å². The summed E-state index contributed by atoms with van der Waals surface area (Å²) in [6, 6.07) is 4.97. The highest BCUT2D eigenvalue weighted by molar-refractivity contribution is 6.06. The van der Waals surface area contributed by atoms with E-state index in [1.54, 1.807) is 0 Å². The van der Waals surface area contributed by atoms with E-state index in [1.165, 1.54) is 6.07 Å². The van der Waals surface area contributed by atoms with Gasteiger partial charge < -0.3 is 15.4 Å². The van der Waals surface area contributed by atoms with E-state index in [9.17, 15) is 23.5 Å². The number of fused-ring (bicyclic) bond motifs is 1. The summed E-state index contributed by atoms with van der Waals surface area (Å²) in [4.78, 5) is 28.3. The smallest absolute Gasteiger partial charge is 0.261 e. The number of aromatic nitrogens is 1. The lowest BCUT2D eigenvalue weighted by atomic mass is 9.79. The van der Waals surface area contributed by atoms with Crippen LogP contribution >= 0.6 is 0 Å². The molecule has 3 aromatic rings. The maximum Gasteiger partial charge on any atom is 0.261 e. The molecule has 0 bridgehead atoms. The van der Waals surface area contributed by atoms with E-state index >= 15 is 0 Å². The van der Waals surface area contributed by atoms with Crippen molar-refractivity contribution in [3.63, 3.8) is 0 Å². The van der Waals surface area contributed by atoms with Gasteiger partial charge in [-0.15, -0.1) is 0 Å². The molecular formula is C24H26F2N2O3. The van der Waals surface area contributed by atoms with Gasteiger partial charge in [0.05, 0.1) is 5.52 Å². The predicted octanol–water partition coefficient (Wildman–Crippen LogP) is 5.36. The third kappa shape index (κ3) is 4.31. The van der Waals surface area contributed by atoms with Crippen molar-refractivity contribution in [2.45, 2.75) is 52.4 Å². The maximum atomic E-state index is 13.6. The number of nitrogens with one attached hydrogen (secondary N) is 2. The quantitative estimate of drug-likeness (QED) is 0.514. The summed E-state index contributed by atoms with van der Waals surface area (Å²) in [6.45, 7) is 11.8. The highest BCUT2D eigenvalue weighted by Crippen LogP contribution is 2.39. The number of rotatable bonds is 2. The van der Waals surface area contributed by atoms with Crippen molar-refractivity contribution < 1.29 is 18.7 Å². The summed E-state index contributed by atoms with van der Waals surface area (Å²) in [5, 5.41) is 13.1. The molecule has 0 saturated carbocycles. The van der Waals surface area contributed by atoms with Crippen LogP contribution in [0, 0.1) is 11.6 Å². The van der Waals surface area contributed by atoms with Crippen LogP contribution < -0.4 is 10.7 Å². The Hall–Kier alpha value is -3.22. The molecule has 2 aromatic carbocycles. The molecule has 3 N–H and O–H groups in total. The zero-order valence-electron chi connectivity index (χ0n) is 18.4. The van der Waals surface area contributed by atoms with E-state index in [1.807, 2.05) is 47.6 Å². The molecule has 0 saturated heterocycles. The van der Waals surface area contributed by atoms with Crippen molar-refractivity contribution in [1.82, 2.24) is 4.98 Å². The largest absolute Gasteiger partial charge is 0.508 e. The fourth-order valence-electron chi connectivity index (χ4n) is 3.49. The van der Waals surface area contributed by atoms with Crippen LogP contribution in [0.3, 0.4) is 0 Å². The Morgan fingerprint density at radius 1 is 0.935 bits per heavy atom. The van der Waals surface area contributed by atoms with Crippen LogP contribution in [0.5, 0.6) is 5.75 Å². The number of halogens is 2. The van der Waals surface area contributed by atoms with Crippen LogP contribution in [-0.2, 0) is 10.8 Å². The summed E-state index contributed by atoms with van der Waals surface area (Å²) in [6.07, 6.45) is 1.16. The molecule has 0 atom stereocenters. The van der Waals surface area contributed by atoms with Crippen LogP contribution in [-0.4, -0.2) is 16.0 Å². The molecule has 0 fully saturated rings. The molecule has 0 unspecified atom stereocenters. The number of anilines is 1. The fourth-order valence-corrected chi connectivity index (χ4v) is 3.49. The molecule has 1 heterocycles. The Morgan fingerprint density at radius 3 is 2.10 bits per heavy atom. The second kappa shape index (κ2) is 7.48. The number of aromatic amines is 1. The molecule has 5 nitrogen and oxygen atoms in total. The molecule has 1 amide bonds. The van der Waals surface area contributed by atoms with Crippen LogP contribution in [0.1, 0.15) is 63.0 Å². The third-order valence-electron chi connectivity index (χ3n) is 5.17. The van der Waals surface area contributed by atoms with Gasteiger partial charge in [0.1, 0.15) is 11.3 Å². The summed E-state index contributed by atoms with van der Waals surface area (Å²) in [5.41, 5.74) is 0.311. The van der Waals surface area contributed by atoms with Crippen LogP contribution in [0.25, 0.3) is 10.9 Å². The Kier molecular flexibility index (Phi) is 5.42. The summed E-state index contributed by atoms with van der Waals surface area (Å²) >= 11 is 0. The molecule has 3 rings (SSSR count). The molecule has 0 spiro atoms. The van der Waals surface area contributed by atoms with Crippen LogP contribution in [0.15, 0.2) is 35.3 Å². The first-order valence-corrected chi connectivity index (χ1v) is 9.90. The Morgan fingerprint density at radius 2 is 1.52 bits per heavy atom. The number of H-pyrrole nitrogens is 1. The molecule has 0 aliphatic rings. The second-order valence-electron chi connectivity index (χ2n) is 9.71. The molecule has 31 heavy (non-hydrogen) atoms. The topological polar surface area (TPSA) is 82.2 Å². The summed E-state index contributed by atoms with van der Waals surface area (Å²) in [7, 11) is 0. The lowest BCUT2D eigenvalue weighted by molar-refractivity contribution is 0.102. The number of carbonyl (C=O) groups is 1. The van der Waals surface area contributed by atoms with Crippen LogP contribution in [0.4, 0.5) is 14.5 Å². The average Bonchev–Trinajstić information content (AvgIpc) is 2.61. The molecule has 1 aromatic heterocycles. The fraction of sp³-hybridized carbons (Fsp3) is 0.333. The average molecular weight is 428 g/mol. The zero-order chi connectivity index (χ0) is 23.3. The highest BCUT2D eigenvalue weighted by atomic mass is 19.2. The number of pyridine rings is 1. The first-order valence-electron chi connectivity index (χ1n) is 9.90.